The molecule has 6 nitrogen and oxygen atoms in total. The summed E-state index contributed by atoms with van der Waals surface area (Å²) in [4.78, 5) is 15.6. The fourth-order valence-electron chi connectivity index (χ4n) is 2.99. The van der Waals surface area contributed by atoms with E-state index in [-0.39, 0.29) is 6.10 Å². The second-order valence-corrected chi connectivity index (χ2v) is 7.14. The monoisotopic (exact) mass is 356 g/mol. The first-order valence-electron chi connectivity index (χ1n) is 8.36. The Kier molecular flexibility index (Phi) is 4.40. The SMILES string of the molecule is COc1ccc2sc(N3CCC(Oc4cncc(C)n4)CC3)nc2c1. The van der Waals surface area contributed by atoms with E-state index in [1.165, 1.54) is 4.70 Å². The van der Waals surface area contributed by atoms with Crippen LogP contribution in [0.15, 0.2) is 30.6 Å². The number of anilines is 1. The van der Waals surface area contributed by atoms with Gasteiger partial charge < -0.3 is 14.4 Å². The molecule has 0 unspecified atom stereocenters. The summed E-state index contributed by atoms with van der Waals surface area (Å²) < 4.78 is 12.4. The number of methoxy groups -OCH3 is 1. The van der Waals surface area contributed by atoms with Gasteiger partial charge in [0.05, 0.1) is 29.2 Å². The molecule has 0 radical (unpaired) electrons. The van der Waals surface area contributed by atoms with Crippen molar-refractivity contribution in [3.05, 3.63) is 36.3 Å². The van der Waals surface area contributed by atoms with Crippen LogP contribution in [0.3, 0.4) is 0 Å². The van der Waals surface area contributed by atoms with Crippen molar-refractivity contribution in [3.8, 4) is 11.6 Å². The van der Waals surface area contributed by atoms with E-state index in [4.69, 9.17) is 14.5 Å². The molecule has 1 aromatic carbocycles. The number of piperidine rings is 1. The van der Waals surface area contributed by atoms with E-state index in [1.807, 2.05) is 19.1 Å². The minimum Gasteiger partial charge on any atom is -0.497 e. The number of rotatable bonds is 4. The first-order valence-corrected chi connectivity index (χ1v) is 9.18. The summed E-state index contributed by atoms with van der Waals surface area (Å²) in [5.41, 5.74) is 1.87. The van der Waals surface area contributed by atoms with Crippen LogP contribution in [0.25, 0.3) is 10.2 Å². The minimum atomic E-state index is 0.182. The summed E-state index contributed by atoms with van der Waals surface area (Å²) in [6.45, 7) is 3.78. The van der Waals surface area contributed by atoms with Crippen LogP contribution in [-0.2, 0) is 0 Å². The molecule has 3 aromatic rings. The Balaban J connectivity index is 1.41. The molecule has 0 spiro atoms. The van der Waals surface area contributed by atoms with Crippen LogP contribution in [0.4, 0.5) is 5.13 Å². The van der Waals surface area contributed by atoms with E-state index in [9.17, 15) is 0 Å². The van der Waals surface area contributed by atoms with Crippen LogP contribution in [0, 0.1) is 6.92 Å². The lowest BCUT2D eigenvalue weighted by atomic mass is 10.1. The Hall–Kier alpha value is -2.41. The Morgan fingerprint density at radius 3 is 2.76 bits per heavy atom. The van der Waals surface area contributed by atoms with Crippen LogP contribution < -0.4 is 14.4 Å². The highest BCUT2D eigenvalue weighted by Gasteiger charge is 2.23. The van der Waals surface area contributed by atoms with E-state index >= 15 is 0 Å². The number of thiazole rings is 1. The lowest BCUT2D eigenvalue weighted by molar-refractivity contribution is 0.163. The average Bonchev–Trinajstić information content (AvgIpc) is 3.05. The molecule has 4 rings (SSSR count). The number of aromatic nitrogens is 3. The number of nitrogens with zero attached hydrogens (tertiary/aromatic N) is 4. The van der Waals surface area contributed by atoms with E-state index in [0.717, 1.165) is 48.0 Å². The van der Waals surface area contributed by atoms with Crippen LogP contribution in [0.5, 0.6) is 11.6 Å². The molecular weight excluding hydrogens is 336 g/mol. The molecule has 7 heteroatoms. The molecule has 0 aliphatic carbocycles. The molecule has 25 heavy (non-hydrogen) atoms. The van der Waals surface area contributed by atoms with E-state index in [2.05, 4.69) is 20.9 Å². The molecule has 1 aliphatic heterocycles. The number of aryl methyl sites for hydroxylation is 1. The van der Waals surface area contributed by atoms with Crippen molar-refractivity contribution >= 4 is 26.7 Å². The highest BCUT2D eigenvalue weighted by molar-refractivity contribution is 7.22. The molecule has 3 heterocycles. The molecular formula is C18H20N4O2S. The van der Waals surface area contributed by atoms with Crippen molar-refractivity contribution in [2.45, 2.75) is 25.9 Å². The fraction of sp³-hybridized carbons (Fsp3) is 0.389. The molecule has 0 amide bonds. The second-order valence-electron chi connectivity index (χ2n) is 6.13. The lowest BCUT2D eigenvalue weighted by Gasteiger charge is -2.31. The number of fused-ring (bicyclic) bond motifs is 1. The third-order valence-electron chi connectivity index (χ3n) is 4.32. The zero-order valence-corrected chi connectivity index (χ0v) is 15.1. The largest absolute Gasteiger partial charge is 0.497 e. The van der Waals surface area contributed by atoms with Gasteiger partial charge >= 0.3 is 0 Å². The van der Waals surface area contributed by atoms with Gasteiger partial charge in [-0.1, -0.05) is 11.3 Å². The first-order chi connectivity index (χ1) is 12.2. The van der Waals surface area contributed by atoms with Crippen molar-refractivity contribution in [1.82, 2.24) is 15.0 Å². The molecule has 1 aliphatic rings. The Bertz CT molecular complexity index is 874. The smallest absolute Gasteiger partial charge is 0.232 e. The van der Waals surface area contributed by atoms with Gasteiger partial charge in [-0.3, -0.25) is 4.98 Å². The quantitative estimate of drug-likeness (QED) is 0.713. The summed E-state index contributed by atoms with van der Waals surface area (Å²) >= 11 is 1.73. The summed E-state index contributed by atoms with van der Waals surface area (Å²) in [5, 5.41) is 1.07. The average molecular weight is 356 g/mol. The molecule has 0 saturated carbocycles. The molecule has 1 saturated heterocycles. The molecule has 0 N–H and O–H groups in total. The number of benzene rings is 1. The van der Waals surface area contributed by atoms with Crippen molar-refractivity contribution < 1.29 is 9.47 Å². The normalized spacial score (nSPS) is 15.5. The Morgan fingerprint density at radius 2 is 2.00 bits per heavy atom. The van der Waals surface area contributed by atoms with Crippen molar-refractivity contribution in [2.75, 3.05) is 25.1 Å². The molecule has 1 fully saturated rings. The lowest BCUT2D eigenvalue weighted by Crippen LogP contribution is -2.38. The maximum absolute atomic E-state index is 5.98. The molecule has 2 aromatic heterocycles. The third kappa shape index (κ3) is 3.51. The highest BCUT2D eigenvalue weighted by Crippen LogP contribution is 2.32. The fourth-order valence-corrected chi connectivity index (χ4v) is 3.99. The standard InChI is InChI=1S/C18H20N4O2S/c1-12-10-19-11-17(20-12)24-13-5-7-22(8-6-13)18-21-15-9-14(23-2)3-4-16(15)25-18/h3-4,9-11,13H,5-8H2,1-2H3. The van der Waals surface area contributed by atoms with Gasteiger partial charge in [0, 0.05) is 38.2 Å². The zero-order chi connectivity index (χ0) is 17.2. The van der Waals surface area contributed by atoms with Crippen LogP contribution in [0.1, 0.15) is 18.5 Å². The molecule has 130 valence electrons. The van der Waals surface area contributed by atoms with Gasteiger partial charge in [0.25, 0.3) is 0 Å². The van der Waals surface area contributed by atoms with E-state index < -0.39 is 0 Å². The first kappa shape index (κ1) is 16.1. The van der Waals surface area contributed by atoms with Crippen LogP contribution in [-0.4, -0.2) is 41.3 Å². The number of hydrogen-bond donors (Lipinski definition) is 0. The highest BCUT2D eigenvalue weighted by atomic mass is 32.1. The number of hydrogen-bond acceptors (Lipinski definition) is 7. The summed E-state index contributed by atoms with van der Waals surface area (Å²) in [6, 6.07) is 6.04. The maximum atomic E-state index is 5.98. The summed E-state index contributed by atoms with van der Waals surface area (Å²) in [6.07, 6.45) is 5.50. The van der Waals surface area contributed by atoms with Gasteiger partial charge in [-0.2, -0.15) is 0 Å². The van der Waals surface area contributed by atoms with Crippen LogP contribution in [0.2, 0.25) is 0 Å². The molecule has 0 atom stereocenters. The van der Waals surface area contributed by atoms with Gasteiger partial charge in [0.1, 0.15) is 11.9 Å². The molecule has 0 bridgehead atoms. The zero-order valence-electron chi connectivity index (χ0n) is 14.3. The van der Waals surface area contributed by atoms with Gasteiger partial charge in [-0.25, -0.2) is 9.97 Å². The van der Waals surface area contributed by atoms with E-state index in [1.54, 1.807) is 30.8 Å². The Labute approximate surface area is 150 Å². The van der Waals surface area contributed by atoms with Crippen molar-refractivity contribution in [2.24, 2.45) is 0 Å². The van der Waals surface area contributed by atoms with Gasteiger partial charge in [-0.15, -0.1) is 0 Å². The predicted molar refractivity (Wildman–Crippen MR) is 98.8 cm³/mol. The summed E-state index contributed by atoms with van der Waals surface area (Å²) in [7, 11) is 1.68. The van der Waals surface area contributed by atoms with Crippen LogP contribution >= 0.6 is 11.3 Å². The van der Waals surface area contributed by atoms with E-state index in [0.29, 0.717) is 5.88 Å². The second kappa shape index (κ2) is 6.84. The maximum Gasteiger partial charge on any atom is 0.232 e. The van der Waals surface area contributed by atoms with Gasteiger partial charge in [0.2, 0.25) is 5.88 Å². The van der Waals surface area contributed by atoms with Crippen molar-refractivity contribution in [1.29, 1.82) is 0 Å². The topological polar surface area (TPSA) is 60.4 Å². The third-order valence-corrected chi connectivity index (χ3v) is 5.41. The minimum absolute atomic E-state index is 0.182. The predicted octanol–water partition coefficient (Wildman–Crippen LogP) is 3.45. The Morgan fingerprint density at radius 1 is 1.16 bits per heavy atom. The van der Waals surface area contributed by atoms with Gasteiger partial charge in [0.15, 0.2) is 5.13 Å². The summed E-state index contributed by atoms with van der Waals surface area (Å²) in [5.74, 6) is 1.46. The van der Waals surface area contributed by atoms with Gasteiger partial charge in [-0.05, 0) is 19.1 Å². The van der Waals surface area contributed by atoms with Crippen molar-refractivity contribution in [3.63, 3.8) is 0 Å². The number of ether oxygens (including phenoxy) is 2.